The van der Waals surface area contributed by atoms with Gasteiger partial charge in [-0.3, -0.25) is 0 Å². The van der Waals surface area contributed by atoms with Crippen molar-refractivity contribution in [3.63, 3.8) is 0 Å². The fraction of sp³-hybridized carbons (Fsp3) is 0.167. The molecule has 0 atom stereocenters. The van der Waals surface area contributed by atoms with Gasteiger partial charge in [0.1, 0.15) is 0 Å². The van der Waals surface area contributed by atoms with E-state index in [4.69, 9.17) is 22.2 Å². The molecule has 0 radical (unpaired) electrons. The maximum absolute atomic E-state index is 11.6. The van der Waals surface area contributed by atoms with Gasteiger partial charge in [-0.05, 0) is 61.1 Å². The summed E-state index contributed by atoms with van der Waals surface area (Å²) in [5.74, 6) is -0.342. The van der Waals surface area contributed by atoms with E-state index >= 15 is 0 Å². The molecule has 0 bridgehead atoms. The van der Waals surface area contributed by atoms with Crippen LogP contribution in [0.4, 0.5) is 5.69 Å². The van der Waals surface area contributed by atoms with Gasteiger partial charge in [-0.25, -0.2) is 4.79 Å². The van der Waals surface area contributed by atoms with Crippen LogP contribution in [-0.4, -0.2) is 17.7 Å². The van der Waals surface area contributed by atoms with Crippen molar-refractivity contribution < 1.29 is 9.53 Å². The number of thiocarbonyl (C=S) groups is 1. The average molecular weight is 339 g/mol. The first-order valence-corrected chi connectivity index (χ1v) is 7.84. The Labute approximate surface area is 146 Å². The second kappa shape index (κ2) is 8.65. The van der Waals surface area contributed by atoms with E-state index in [0.717, 1.165) is 11.3 Å². The molecule has 0 unspecified atom stereocenters. The number of carbonyl (C=O) groups excluding carboxylic acids is 1. The number of carbonyl (C=O) groups is 1. The lowest BCUT2D eigenvalue weighted by atomic mass is 10.1. The third-order valence-electron chi connectivity index (χ3n) is 3.19. The highest BCUT2D eigenvalue weighted by atomic mass is 32.1. The quantitative estimate of drug-likeness (QED) is 0.643. The summed E-state index contributed by atoms with van der Waals surface area (Å²) in [6.07, 6.45) is 0. The summed E-state index contributed by atoms with van der Waals surface area (Å²) >= 11 is 5.24. The van der Waals surface area contributed by atoms with Crippen molar-refractivity contribution >= 4 is 29.0 Å². The van der Waals surface area contributed by atoms with Crippen LogP contribution in [0.15, 0.2) is 48.5 Å². The highest BCUT2D eigenvalue weighted by molar-refractivity contribution is 7.80. The third-order valence-corrected chi connectivity index (χ3v) is 3.44. The molecule has 0 amide bonds. The largest absolute Gasteiger partial charge is 0.462 e. The van der Waals surface area contributed by atoms with Gasteiger partial charge in [-0.15, -0.1) is 0 Å². The number of nitrogens with zero attached hydrogens (tertiary/aromatic N) is 1. The minimum absolute atomic E-state index is 0.342. The summed E-state index contributed by atoms with van der Waals surface area (Å²) in [4.78, 5) is 11.6. The number of nitriles is 1. The predicted molar refractivity (Wildman–Crippen MR) is 96.6 cm³/mol. The molecule has 2 aromatic carbocycles. The fourth-order valence-corrected chi connectivity index (χ4v) is 2.15. The maximum Gasteiger partial charge on any atom is 0.338 e. The number of rotatable bonds is 5. The highest BCUT2D eigenvalue weighted by Gasteiger charge is 2.06. The molecule has 0 fully saturated rings. The molecule has 2 N–H and O–H groups in total. The maximum atomic E-state index is 11.6. The lowest BCUT2D eigenvalue weighted by molar-refractivity contribution is 0.0526. The van der Waals surface area contributed by atoms with Crippen LogP contribution in [0.25, 0.3) is 0 Å². The van der Waals surface area contributed by atoms with Gasteiger partial charge in [-0.1, -0.05) is 12.1 Å². The molecule has 0 spiro atoms. The SMILES string of the molecule is CCOC(=O)c1ccc(NC(=S)NCc2ccc(C#N)cc2)cc1. The van der Waals surface area contributed by atoms with Crippen LogP contribution in [-0.2, 0) is 11.3 Å². The molecule has 2 rings (SSSR count). The zero-order chi connectivity index (χ0) is 17.4. The van der Waals surface area contributed by atoms with E-state index in [1.54, 1.807) is 43.3 Å². The van der Waals surface area contributed by atoms with Crippen molar-refractivity contribution in [3.05, 3.63) is 65.2 Å². The Hall–Kier alpha value is -2.91. The first-order valence-electron chi connectivity index (χ1n) is 7.43. The minimum atomic E-state index is -0.342. The van der Waals surface area contributed by atoms with Crippen LogP contribution >= 0.6 is 12.2 Å². The Morgan fingerprint density at radius 1 is 1.17 bits per heavy atom. The van der Waals surface area contributed by atoms with Crippen molar-refractivity contribution in [2.75, 3.05) is 11.9 Å². The molecule has 122 valence electrons. The lowest BCUT2D eigenvalue weighted by Crippen LogP contribution is -2.27. The molecule has 0 aliphatic heterocycles. The number of ether oxygens (including phenoxy) is 1. The van der Waals surface area contributed by atoms with Crippen molar-refractivity contribution in [3.8, 4) is 6.07 Å². The van der Waals surface area contributed by atoms with Crippen molar-refractivity contribution in [1.29, 1.82) is 5.26 Å². The Morgan fingerprint density at radius 3 is 2.42 bits per heavy atom. The Kier molecular flexibility index (Phi) is 6.29. The first-order chi connectivity index (χ1) is 11.6. The number of anilines is 1. The van der Waals surface area contributed by atoms with Crippen molar-refractivity contribution in [2.45, 2.75) is 13.5 Å². The molecular formula is C18H17N3O2S. The number of hydrogen-bond acceptors (Lipinski definition) is 4. The van der Waals surface area contributed by atoms with E-state index in [1.807, 2.05) is 12.1 Å². The molecule has 0 saturated heterocycles. The highest BCUT2D eigenvalue weighted by Crippen LogP contribution is 2.11. The molecular weight excluding hydrogens is 322 g/mol. The van der Waals surface area contributed by atoms with Gasteiger partial charge in [0, 0.05) is 12.2 Å². The Morgan fingerprint density at radius 2 is 1.83 bits per heavy atom. The summed E-state index contributed by atoms with van der Waals surface area (Å²) in [5.41, 5.74) is 2.93. The molecule has 0 aliphatic carbocycles. The van der Waals surface area contributed by atoms with Crippen LogP contribution in [0.1, 0.15) is 28.4 Å². The van der Waals surface area contributed by atoms with E-state index in [9.17, 15) is 4.79 Å². The van der Waals surface area contributed by atoms with Gasteiger partial charge < -0.3 is 15.4 Å². The first kappa shape index (κ1) is 17.4. The molecule has 0 saturated carbocycles. The summed E-state index contributed by atoms with van der Waals surface area (Å²) in [5, 5.41) is 15.4. The molecule has 0 aromatic heterocycles. The summed E-state index contributed by atoms with van der Waals surface area (Å²) in [6.45, 7) is 2.67. The van der Waals surface area contributed by atoms with Crippen LogP contribution < -0.4 is 10.6 Å². The second-order valence-corrected chi connectivity index (χ2v) is 5.32. The lowest BCUT2D eigenvalue weighted by Gasteiger charge is -2.11. The van der Waals surface area contributed by atoms with Gasteiger partial charge >= 0.3 is 5.97 Å². The summed E-state index contributed by atoms with van der Waals surface area (Å²) < 4.78 is 4.94. The van der Waals surface area contributed by atoms with Gasteiger partial charge in [0.2, 0.25) is 0 Å². The molecule has 0 aliphatic rings. The van der Waals surface area contributed by atoms with Gasteiger partial charge in [0.05, 0.1) is 23.8 Å². The minimum Gasteiger partial charge on any atom is -0.462 e. The van der Waals surface area contributed by atoms with E-state index in [2.05, 4.69) is 16.7 Å². The van der Waals surface area contributed by atoms with Crippen LogP contribution in [0.3, 0.4) is 0 Å². The summed E-state index contributed by atoms with van der Waals surface area (Å²) in [6, 6.07) is 16.3. The van der Waals surface area contributed by atoms with Crippen LogP contribution in [0.5, 0.6) is 0 Å². The molecule has 0 heterocycles. The average Bonchev–Trinajstić information content (AvgIpc) is 2.61. The summed E-state index contributed by atoms with van der Waals surface area (Å²) in [7, 11) is 0. The van der Waals surface area contributed by atoms with Crippen LogP contribution in [0.2, 0.25) is 0 Å². The smallest absolute Gasteiger partial charge is 0.338 e. The Balaban J connectivity index is 1.85. The second-order valence-electron chi connectivity index (χ2n) is 4.91. The number of nitrogens with one attached hydrogen (secondary N) is 2. The predicted octanol–water partition coefficient (Wildman–Crippen LogP) is 3.22. The molecule has 5 nitrogen and oxygen atoms in total. The molecule has 2 aromatic rings. The van der Waals surface area contributed by atoms with Crippen LogP contribution in [0, 0.1) is 11.3 Å². The molecule has 24 heavy (non-hydrogen) atoms. The molecule has 6 heteroatoms. The van der Waals surface area contributed by atoms with E-state index in [1.165, 1.54) is 0 Å². The van der Waals surface area contributed by atoms with Crippen molar-refractivity contribution in [1.82, 2.24) is 5.32 Å². The normalized spacial score (nSPS) is 9.67. The standard InChI is InChI=1S/C18H17N3O2S/c1-2-23-17(22)15-7-9-16(10-8-15)21-18(24)20-12-14-5-3-13(11-19)4-6-14/h3-10H,2,12H2,1H3,(H2,20,21,24). The van der Waals surface area contributed by atoms with Crippen molar-refractivity contribution in [2.24, 2.45) is 0 Å². The van der Waals surface area contributed by atoms with Gasteiger partial charge in [0.25, 0.3) is 0 Å². The fourth-order valence-electron chi connectivity index (χ4n) is 1.96. The third kappa shape index (κ3) is 5.07. The number of hydrogen-bond donors (Lipinski definition) is 2. The topological polar surface area (TPSA) is 74.2 Å². The van der Waals surface area contributed by atoms with E-state index in [0.29, 0.717) is 29.4 Å². The van der Waals surface area contributed by atoms with E-state index in [-0.39, 0.29) is 5.97 Å². The van der Waals surface area contributed by atoms with E-state index < -0.39 is 0 Å². The zero-order valence-electron chi connectivity index (χ0n) is 13.2. The number of benzene rings is 2. The zero-order valence-corrected chi connectivity index (χ0v) is 14.0. The van der Waals surface area contributed by atoms with Gasteiger partial charge in [0.15, 0.2) is 5.11 Å². The van der Waals surface area contributed by atoms with Gasteiger partial charge in [-0.2, -0.15) is 5.26 Å². The number of esters is 1. The Bertz CT molecular complexity index is 749. The monoisotopic (exact) mass is 339 g/mol.